The van der Waals surface area contributed by atoms with Crippen LogP contribution in [-0.4, -0.2) is 37.2 Å². The second kappa shape index (κ2) is 6.18. The molecule has 1 radical (unpaired) electrons. The van der Waals surface area contributed by atoms with Gasteiger partial charge in [-0.3, -0.25) is 0 Å². The van der Waals surface area contributed by atoms with Crippen LogP contribution in [0.5, 0.6) is 0 Å². The van der Waals surface area contributed by atoms with Crippen molar-refractivity contribution in [1.82, 2.24) is 10.4 Å². The number of carbonyl (C=O) groups excluding carboxylic acids is 2. The van der Waals surface area contributed by atoms with Gasteiger partial charge in [-0.15, -0.1) is 0 Å². The number of hydroxylamine groups is 2. The van der Waals surface area contributed by atoms with Crippen molar-refractivity contribution in [2.45, 2.75) is 26.7 Å². The molecule has 2 amide bonds. The summed E-state index contributed by atoms with van der Waals surface area (Å²) in [5, 5.41) is 3.03. The molecule has 14 heavy (non-hydrogen) atoms. The third kappa shape index (κ3) is 3.20. The molecule has 1 fully saturated rings. The molecule has 77 valence electrons. The van der Waals surface area contributed by atoms with Crippen LogP contribution in [0.2, 0.25) is 0 Å². The van der Waals surface area contributed by atoms with Crippen LogP contribution < -0.4 is 5.32 Å². The van der Waals surface area contributed by atoms with Crippen molar-refractivity contribution in [2.75, 3.05) is 7.05 Å². The van der Waals surface area contributed by atoms with Crippen LogP contribution in [-0.2, 0) is 9.63 Å². The Hall–Kier alpha value is -1.33. The molecule has 1 aliphatic rings. The van der Waals surface area contributed by atoms with E-state index in [1.165, 1.54) is 7.05 Å². The third-order valence-electron chi connectivity index (χ3n) is 1.46. The predicted molar refractivity (Wildman–Crippen MR) is 53.7 cm³/mol. The van der Waals surface area contributed by atoms with E-state index in [1.54, 1.807) is 0 Å². The van der Waals surface area contributed by atoms with E-state index in [-0.39, 0.29) is 11.5 Å². The number of amides is 2. The Morgan fingerprint density at radius 2 is 2.07 bits per heavy atom. The first kappa shape index (κ1) is 12.7. The second-order valence-electron chi connectivity index (χ2n) is 2.31. The summed E-state index contributed by atoms with van der Waals surface area (Å²) in [4.78, 5) is 26.2. The van der Waals surface area contributed by atoms with Crippen molar-refractivity contribution in [2.24, 2.45) is 0 Å². The van der Waals surface area contributed by atoms with Crippen molar-refractivity contribution >= 4 is 25.1 Å². The molecule has 0 aliphatic carbocycles. The van der Waals surface area contributed by atoms with Gasteiger partial charge in [0, 0.05) is 0 Å². The van der Waals surface area contributed by atoms with Crippen LogP contribution in [0.25, 0.3) is 0 Å². The van der Waals surface area contributed by atoms with E-state index < -0.39 is 6.09 Å². The summed E-state index contributed by atoms with van der Waals surface area (Å²) in [5.41, 5.74) is 0.267. The third-order valence-corrected chi connectivity index (χ3v) is 1.46. The first-order chi connectivity index (χ1) is 6.65. The molecular weight excluding hydrogens is 183 g/mol. The molecule has 0 spiro atoms. The fraction of sp³-hybridized carbons (Fsp3) is 0.625. The standard InChI is InChI=1S/C6H8BN2O3.C2H6/c1-8-6(11)12-9-4(7)2-3-5(9)10;1-2/h2-3H2,1H3,(H,8,11);1-2H3. The van der Waals surface area contributed by atoms with Crippen LogP contribution in [0.1, 0.15) is 26.7 Å². The van der Waals surface area contributed by atoms with Crippen LogP contribution in [0.4, 0.5) is 4.79 Å². The molecule has 1 saturated heterocycles. The molecule has 0 aromatic carbocycles. The van der Waals surface area contributed by atoms with Crippen LogP contribution >= 0.6 is 0 Å². The average Bonchev–Trinajstić information content (AvgIpc) is 2.52. The Morgan fingerprint density at radius 1 is 1.50 bits per heavy atom. The van der Waals surface area contributed by atoms with E-state index in [1.807, 2.05) is 13.8 Å². The van der Waals surface area contributed by atoms with E-state index in [0.717, 1.165) is 5.06 Å². The molecule has 0 atom stereocenters. The number of hydrogen-bond donors (Lipinski definition) is 1. The second-order valence-corrected chi connectivity index (χ2v) is 2.31. The Balaban J connectivity index is 0.000000791. The first-order valence-electron chi connectivity index (χ1n) is 4.49. The van der Waals surface area contributed by atoms with Gasteiger partial charge in [0.25, 0.3) is 0 Å². The fourth-order valence-electron chi connectivity index (χ4n) is 0.836. The van der Waals surface area contributed by atoms with Crippen molar-refractivity contribution in [3.05, 3.63) is 0 Å². The van der Waals surface area contributed by atoms with Crippen molar-refractivity contribution < 1.29 is 14.4 Å². The van der Waals surface area contributed by atoms with Crippen molar-refractivity contribution in [3.8, 4) is 0 Å². The van der Waals surface area contributed by atoms with Crippen molar-refractivity contribution in [1.29, 1.82) is 0 Å². The van der Waals surface area contributed by atoms with Gasteiger partial charge < -0.3 is 0 Å². The van der Waals surface area contributed by atoms with Gasteiger partial charge in [0.2, 0.25) is 0 Å². The zero-order valence-corrected chi connectivity index (χ0v) is 8.66. The van der Waals surface area contributed by atoms with Gasteiger partial charge in [-0.1, -0.05) is 13.8 Å². The van der Waals surface area contributed by atoms with Gasteiger partial charge in [0.1, 0.15) is 0 Å². The van der Waals surface area contributed by atoms with Gasteiger partial charge in [0.05, 0.1) is 0 Å². The monoisotopic (exact) mass is 197 g/mol. The van der Waals surface area contributed by atoms with Crippen LogP contribution in [0.3, 0.4) is 0 Å². The number of rotatable bonds is 1. The summed E-state index contributed by atoms with van der Waals surface area (Å²) < 4.78 is 0. The summed E-state index contributed by atoms with van der Waals surface area (Å²) in [5.74, 6) is -0.295. The Morgan fingerprint density at radius 3 is 2.43 bits per heavy atom. The molecule has 1 heterocycles. The van der Waals surface area contributed by atoms with Crippen LogP contribution in [0, 0.1) is 0 Å². The number of carbonyl (C=O) groups is 2. The van der Waals surface area contributed by atoms with Gasteiger partial charge in [-0.25, -0.2) is 0 Å². The number of hydrogen-bond acceptors (Lipinski definition) is 3. The maximum absolute atomic E-state index is 11.0. The van der Waals surface area contributed by atoms with Gasteiger partial charge in [-0.05, 0) is 0 Å². The van der Waals surface area contributed by atoms with Gasteiger partial charge in [-0.2, -0.15) is 0 Å². The zero-order chi connectivity index (χ0) is 11.1. The first-order valence-corrected chi connectivity index (χ1v) is 4.49. The molecule has 6 heteroatoms. The summed E-state index contributed by atoms with van der Waals surface area (Å²) >= 11 is 0. The topological polar surface area (TPSA) is 58.6 Å². The molecule has 1 rings (SSSR count). The van der Waals surface area contributed by atoms with E-state index >= 15 is 0 Å². The molecule has 1 aliphatic heterocycles. The Kier molecular flexibility index (Phi) is 5.59. The molecule has 0 saturated carbocycles. The van der Waals surface area contributed by atoms with E-state index in [0.29, 0.717) is 12.8 Å². The minimum atomic E-state index is -0.701. The molecule has 0 unspecified atom stereocenters. The quantitative estimate of drug-likeness (QED) is 0.611. The Bertz CT molecular complexity index is 227. The van der Waals surface area contributed by atoms with E-state index in [2.05, 4.69) is 10.2 Å². The molecule has 0 aromatic heterocycles. The molecular formula is C8H14BN2O3. The molecule has 0 bridgehead atoms. The average molecular weight is 197 g/mol. The molecule has 5 nitrogen and oxygen atoms in total. The minimum absolute atomic E-state index is 0.267. The van der Waals surface area contributed by atoms with Crippen LogP contribution in [0.15, 0.2) is 0 Å². The van der Waals surface area contributed by atoms with Gasteiger partial charge in [0.15, 0.2) is 0 Å². The van der Waals surface area contributed by atoms with Crippen molar-refractivity contribution in [3.63, 3.8) is 0 Å². The Labute approximate surface area is 84.4 Å². The number of nitrogens with zero attached hydrogens (tertiary/aromatic N) is 1. The SMILES string of the molecule is CC.[B]=C1CCC(=O)N1OC(=O)NC. The number of nitrogens with one attached hydrogen (secondary N) is 1. The summed E-state index contributed by atoms with van der Waals surface area (Å²) in [6, 6.07) is 0. The predicted octanol–water partition coefficient (Wildman–Crippen LogP) is 0.204. The maximum atomic E-state index is 11.0. The summed E-state index contributed by atoms with van der Waals surface area (Å²) in [6.07, 6.45) is 0.0340. The normalized spacial score (nSPS) is 14.6. The summed E-state index contributed by atoms with van der Waals surface area (Å²) in [6.45, 7) is 4.00. The zero-order valence-electron chi connectivity index (χ0n) is 8.66. The summed E-state index contributed by atoms with van der Waals surface area (Å²) in [7, 11) is 6.79. The molecule has 0 aromatic rings. The van der Waals surface area contributed by atoms with Gasteiger partial charge >= 0.3 is 69.8 Å². The molecule has 1 N–H and O–H groups in total. The van der Waals surface area contributed by atoms with E-state index in [4.69, 9.17) is 7.49 Å². The van der Waals surface area contributed by atoms with E-state index in [9.17, 15) is 9.59 Å². The fourth-order valence-corrected chi connectivity index (χ4v) is 0.836.